The molecule has 0 aliphatic carbocycles. The van der Waals surface area contributed by atoms with Gasteiger partial charge < -0.3 is 9.47 Å². The average molecular weight is 339 g/mol. The van der Waals surface area contributed by atoms with Crippen LogP contribution >= 0.6 is 0 Å². The lowest BCUT2D eigenvalue weighted by molar-refractivity contribution is -0.129. The van der Waals surface area contributed by atoms with Crippen molar-refractivity contribution < 1.29 is 18.7 Å². The van der Waals surface area contributed by atoms with E-state index in [1.165, 1.54) is 18.2 Å². The Bertz CT molecular complexity index is 825. The minimum absolute atomic E-state index is 0.142. The molecule has 0 aromatic heterocycles. The first-order chi connectivity index (χ1) is 12.2. The van der Waals surface area contributed by atoms with Crippen molar-refractivity contribution in [3.63, 3.8) is 0 Å². The molecule has 3 rings (SSSR count). The van der Waals surface area contributed by atoms with E-state index in [1.807, 2.05) is 12.1 Å². The van der Waals surface area contributed by atoms with E-state index < -0.39 is 5.97 Å². The van der Waals surface area contributed by atoms with Crippen molar-refractivity contribution in [2.24, 2.45) is 4.99 Å². The topological polar surface area (TPSA) is 47.9 Å². The Morgan fingerprint density at radius 3 is 2.72 bits per heavy atom. The number of carbonyl (C=O) groups excluding carboxylic acids is 1. The molecule has 2 aromatic rings. The quantitative estimate of drug-likeness (QED) is 0.447. The number of rotatable bonds is 6. The summed E-state index contributed by atoms with van der Waals surface area (Å²) in [6.45, 7) is 2.78. The number of ether oxygens (including phenoxy) is 2. The molecule has 0 spiro atoms. The van der Waals surface area contributed by atoms with Gasteiger partial charge in [-0.3, -0.25) is 0 Å². The summed E-state index contributed by atoms with van der Waals surface area (Å²) in [5.41, 5.74) is 1.37. The average Bonchev–Trinajstić information content (AvgIpc) is 2.96. The van der Waals surface area contributed by atoms with Crippen LogP contribution in [0.2, 0.25) is 0 Å². The van der Waals surface area contributed by atoms with Crippen LogP contribution in [0.25, 0.3) is 6.08 Å². The zero-order chi connectivity index (χ0) is 17.6. The third-order valence-electron chi connectivity index (χ3n) is 3.64. The Hall–Kier alpha value is -2.95. The molecule has 0 fully saturated rings. The molecule has 1 aliphatic rings. The summed E-state index contributed by atoms with van der Waals surface area (Å²) in [5, 5.41) is 0. The zero-order valence-corrected chi connectivity index (χ0v) is 13.9. The first-order valence-electron chi connectivity index (χ1n) is 8.17. The maximum Gasteiger partial charge on any atom is 0.363 e. The third-order valence-corrected chi connectivity index (χ3v) is 3.64. The van der Waals surface area contributed by atoms with Crippen LogP contribution in [-0.4, -0.2) is 18.5 Å². The number of aliphatic imine (C=N–C) groups is 1. The van der Waals surface area contributed by atoms with Crippen molar-refractivity contribution in [1.82, 2.24) is 0 Å². The highest BCUT2D eigenvalue weighted by Gasteiger charge is 2.24. The Balaban J connectivity index is 1.76. The Morgan fingerprint density at radius 2 is 2.00 bits per heavy atom. The fourth-order valence-corrected chi connectivity index (χ4v) is 2.31. The lowest BCUT2D eigenvalue weighted by Crippen LogP contribution is -2.05. The second-order valence-electron chi connectivity index (χ2n) is 5.62. The van der Waals surface area contributed by atoms with Gasteiger partial charge in [0.25, 0.3) is 0 Å². The normalized spacial score (nSPS) is 15.2. The summed E-state index contributed by atoms with van der Waals surface area (Å²) in [5.74, 6) is 0.0662. The van der Waals surface area contributed by atoms with Crippen LogP contribution in [-0.2, 0) is 9.53 Å². The van der Waals surface area contributed by atoms with Crippen molar-refractivity contribution in [3.05, 3.63) is 71.2 Å². The zero-order valence-electron chi connectivity index (χ0n) is 13.9. The van der Waals surface area contributed by atoms with Gasteiger partial charge in [0.15, 0.2) is 5.70 Å². The van der Waals surface area contributed by atoms with Crippen molar-refractivity contribution in [2.45, 2.75) is 19.8 Å². The van der Waals surface area contributed by atoms with Crippen LogP contribution in [0.4, 0.5) is 4.39 Å². The van der Waals surface area contributed by atoms with Crippen LogP contribution in [0.15, 0.2) is 59.2 Å². The number of hydrogen-bond acceptors (Lipinski definition) is 4. The molecule has 2 aromatic carbocycles. The molecule has 0 radical (unpaired) electrons. The summed E-state index contributed by atoms with van der Waals surface area (Å²) < 4.78 is 24.0. The molecule has 0 saturated heterocycles. The van der Waals surface area contributed by atoms with E-state index in [2.05, 4.69) is 11.9 Å². The molecular weight excluding hydrogens is 321 g/mol. The number of benzene rings is 2. The predicted molar refractivity (Wildman–Crippen MR) is 93.9 cm³/mol. The molecule has 4 nitrogen and oxygen atoms in total. The third kappa shape index (κ3) is 4.32. The number of cyclic esters (lactones) is 1. The fourth-order valence-electron chi connectivity index (χ4n) is 2.31. The molecule has 128 valence electrons. The van der Waals surface area contributed by atoms with Gasteiger partial charge in [0.1, 0.15) is 11.6 Å². The molecule has 5 heteroatoms. The highest BCUT2D eigenvalue weighted by atomic mass is 19.1. The number of hydrogen-bond donors (Lipinski definition) is 0. The van der Waals surface area contributed by atoms with E-state index in [1.54, 1.807) is 24.3 Å². The van der Waals surface area contributed by atoms with Gasteiger partial charge in [0.05, 0.1) is 6.61 Å². The lowest BCUT2D eigenvalue weighted by Gasteiger charge is -2.05. The van der Waals surface area contributed by atoms with Crippen LogP contribution in [0, 0.1) is 5.82 Å². The summed E-state index contributed by atoms with van der Waals surface area (Å²) in [7, 11) is 0. The highest BCUT2D eigenvalue weighted by Crippen LogP contribution is 2.21. The van der Waals surface area contributed by atoms with Gasteiger partial charge >= 0.3 is 5.97 Å². The Labute approximate surface area is 145 Å². The molecule has 1 aliphatic heterocycles. The second-order valence-corrected chi connectivity index (χ2v) is 5.62. The first-order valence-corrected chi connectivity index (χ1v) is 8.17. The fraction of sp³-hybridized carbons (Fsp3) is 0.200. The first kappa shape index (κ1) is 16.9. The van der Waals surface area contributed by atoms with Crippen molar-refractivity contribution >= 4 is 17.9 Å². The number of esters is 1. The molecule has 0 bridgehead atoms. The van der Waals surface area contributed by atoms with E-state index in [0.29, 0.717) is 17.7 Å². The van der Waals surface area contributed by atoms with E-state index in [-0.39, 0.29) is 17.4 Å². The van der Waals surface area contributed by atoms with E-state index in [4.69, 9.17) is 9.47 Å². The number of halogens is 1. The van der Waals surface area contributed by atoms with Gasteiger partial charge in [0, 0.05) is 5.56 Å². The summed E-state index contributed by atoms with van der Waals surface area (Å²) in [4.78, 5) is 16.2. The van der Waals surface area contributed by atoms with Gasteiger partial charge in [-0.25, -0.2) is 14.2 Å². The van der Waals surface area contributed by atoms with E-state index >= 15 is 0 Å². The van der Waals surface area contributed by atoms with Gasteiger partial charge in [-0.1, -0.05) is 25.5 Å². The maximum atomic E-state index is 13.2. The largest absolute Gasteiger partial charge is 0.494 e. The molecule has 0 N–H and O–H groups in total. The van der Waals surface area contributed by atoms with Gasteiger partial charge in [-0.05, 0) is 54.5 Å². The highest BCUT2D eigenvalue weighted by molar-refractivity contribution is 6.12. The van der Waals surface area contributed by atoms with Crippen LogP contribution in [0.5, 0.6) is 5.75 Å². The van der Waals surface area contributed by atoms with Crippen molar-refractivity contribution in [2.75, 3.05) is 6.61 Å². The van der Waals surface area contributed by atoms with Crippen LogP contribution < -0.4 is 4.74 Å². The van der Waals surface area contributed by atoms with Crippen molar-refractivity contribution in [3.8, 4) is 5.75 Å². The molecule has 0 unspecified atom stereocenters. The summed E-state index contributed by atoms with van der Waals surface area (Å²) >= 11 is 0. The predicted octanol–water partition coefficient (Wildman–Crippen LogP) is 4.35. The minimum Gasteiger partial charge on any atom is -0.494 e. The molecule has 25 heavy (non-hydrogen) atoms. The standard InChI is InChI=1S/C20H18FNO3/c1-2-3-11-24-17-9-7-15(8-10-17)19-22-18(20(23)25-19)13-14-5-4-6-16(21)12-14/h4-10,12-13H,2-3,11H2,1H3. The molecule has 0 saturated carbocycles. The van der Waals surface area contributed by atoms with Crippen LogP contribution in [0.1, 0.15) is 30.9 Å². The Kier molecular flexibility index (Phi) is 5.23. The molecule has 1 heterocycles. The van der Waals surface area contributed by atoms with Crippen molar-refractivity contribution in [1.29, 1.82) is 0 Å². The molecule has 0 atom stereocenters. The Morgan fingerprint density at radius 1 is 1.20 bits per heavy atom. The monoisotopic (exact) mass is 339 g/mol. The minimum atomic E-state index is -0.553. The van der Waals surface area contributed by atoms with Gasteiger partial charge in [0.2, 0.25) is 5.90 Å². The van der Waals surface area contributed by atoms with E-state index in [0.717, 1.165) is 18.6 Å². The number of nitrogens with zero attached hydrogens (tertiary/aromatic N) is 1. The lowest BCUT2D eigenvalue weighted by atomic mass is 10.2. The van der Waals surface area contributed by atoms with Gasteiger partial charge in [-0.2, -0.15) is 0 Å². The molecule has 0 amide bonds. The summed E-state index contributed by atoms with van der Waals surface area (Å²) in [6, 6.07) is 13.1. The van der Waals surface area contributed by atoms with Crippen LogP contribution in [0.3, 0.4) is 0 Å². The van der Waals surface area contributed by atoms with E-state index in [9.17, 15) is 9.18 Å². The number of unbranched alkanes of at least 4 members (excludes halogenated alkanes) is 1. The smallest absolute Gasteiger partial charge is 0.363 e. The summed E-state index contributed by atoms with van der Waals surface area (Å²) in [6.07, 6.45) is 3.58. The second kappa shape index (κ2) is 7.75. The number of carbonyl (C=O) groups is 1. The SMILES string of the molecule is CCCCOc1ccc(C2=NC(=Cc3cccc(F)c3)C(=O)O2)cc1. The molecular formula is C20H18FNO3. The maximum absolute atomic E-state index is 13.2. The van der Waals surface area contributed by atoms with Gasteiger partial charge in [-0.15, -0.1) is 0 Å².